The summed E-state index contributed by atoms with van der Waals surface area (Å²) in [6.07, 6.45) is 0.965. The lowest BCUT2D eigenvalue weighted by Crippen LogP contribution is -2.03. The molecule has 0 bridgehead atoms. The zero-order chi connectivity index (χ0) is 14.8. The number of hydrogen-bond donors (Lipinski definition) is 0. The standard InChI is InChI=1S/C13H11NO4S2/c1-20(17,18)12-9-5-8-11(13(12)14(15)16)19-10-6-3-2-4-7-10/h2-9H,1H3. The summed E-state index contributed by atoms with van der Waals surface area (Å²) in [5, 5.41) is 11.2. The van der Waals surface area contributed by atoms with Gasteiger partial charge in [0.1, 0.15) is 4.90 Å². The predicted molar refractivity (Wildman–Crippen MR) is 76.8 cm³/mol. The quantitative estimate of drug-likeness (QED) is 0.640. The maximum atomic E-state index is 11.6. The van der Waals surface area contributed by atoms with Crippen LogP contribution in [0.3, 0.4) is 0 Å². The fourth-order valence-corrected chi connectivity index (χ4v) is 3.58. The molecule has 0 heterocycles. The van der Waals surface area contributed by atoms with E-state index in [1.165, 1.54) is 23.9 Å². The molecule has 0 spiro atoms. The summed E-state index contributed by atoms with van der Waals surface area (Å²) in [5.41, 5.74) is -0.371. The van der Waals surface area contributed by atoms with Crippen LogP contribution in [0.5, 0.6) is 0 Å². The third-order valence-electron chi connectivity index (χ3n) is 2.52. The van der Waals surface area contributed by atoms with Gasteiger partial charge in [0.25, 0.3) is 0 Å². The molecule has 0 unspecified atom stereocenters. The van der Waals surface area contributed by atoms with Gasteiger partial charge in [0, 0.05) is 11.2 Å². The van der Waals surface area contributed by atoms with Crippen LogP contribution in [0.1, 0.15) is 0 Å². The first kappa shape index (κ1) is 14.5. The molecular weight excluding hydrogens is 298 g/mol. The second-order valence-electron chi connectivity index (χ2n) is 4.05. The molecule has 0 saturated heterocycles. The fourth-order valence-electron chi connectivity index (χ4n) is 1.68. The number of benzene rings is 2. The van der Waals surface area contributed by atoms with Gasteiger partial charge in [-0.25, -0.2) is 8.42 Å². The first-order valence-corrected chi connectivity index (χ1v) is 8.31. The average Bonchev–Trinajstić information content (AvgIpc) is 2.38. The maximum absolute atomic E-state index is 11.6. The lowest BCUT2D eigenvalue weighted by atomic mass is 10.3. The zero-order valence-electron chi connectivity index (χ0n) is 10.5. The third kappa shape index (κ3) is 3.17. The molecule has 0 amide bonds. The molecule has 0 radical (unpaired) electrons. The third-order valence-corrected chi connectivity index (χ3v) is 4.70. The summed E-state index contributed by atoms with van der Waals surface area (Å²) in [7, 11) is -3.65. The van der Waals surface area contributed by atoms with E-state index in [4.69, 9.17) is 0 Å². The van der Waals surface area contributed by atoms with Crippen molar-refractivity contribution in [2.75, 3.05) is 6.26 Å². The number of nitro groups is 1. The lowest BCUT2D eigenvalue weighted by Gasteiger charge is -2.06. The Morgan fingerprint density at radius 2 is 1.70 bits per heavy atom. The number of para-hydroxylation sites is 1. The van der Waals surface area contributed by atoms with Gasteiger partial charge >= 0.3 is 5.69 Å². The molecule has 2 aromatic rings. The lowest BCUT2D eigenvalue weighted by molar-refractivity contribution is -0.390. The van der Waals surface area contributed by atoms with Crippen molar-refractivity contribution < 1.29 is 13.3 Å². The molecule has 0 N–H and O–H groups in total. The van der Waals surface area contributed by atoms with Crippen molar-refractivity contribution in [3.05, 3.63) is 58.6 Å². The minimum atomic E-state index is -3.65. The number of hydrogen-bond acceptors (Lipinski definition) is 5. The Hall–Kier alpha value is -1.86. The van der Waals surface area contributed by atoms with Crippen molar-refractivity contribution in [2.24, 2.45) is 0 Å². The van der Waals surface area contributed by atoms with Crippen LogP contribution in [0.25, 0.3) is 0 Å². The largest absolute Gasteiger partial charge is 0.301 e. The van der Waals surface area contributed by atoms with Crippen LogP contribution >= 0.6 is 11.8 Å². The number of nitrogens with zero attached hydrogens (tertiary/aromatic N) is 1. The van der Waals surface area contributed by atoms with Gasteiger partial charge in [-0.15, -0.1) is 0 Å². The highest BCUT2D eigenvalue weighted by Gasteiger charge is 2.26. The molecule has 104 valence electrons. The van der Waals surface area contributed by atoms with Crippen molar-refractivity contribution in [2.45, 2.75) is 14.7 Å². The second-order valence-corrected chi connectivity index (χ2v) is 7.15. The molecule has 0 atom stereocenters. The highest BCUT2D eigenvalue weighted by molar-refractivity contribution is 7.99. The molecule has 2 aromatic carbocycles. The van der Waals surface area contributed by atoms with Crippen LogP contribution in [0.4, 0.5) is 5.69 Å². The van der Waals surface area contributed by atoms with Gasteiger partial charge in [-0.1, -0.05) is 36.0 Å². The van der Waals surface area contributed by atoms with Gasteiger partial charge in [-0.2, -0.15) is 0 Å². The van der Waals surface area contributed by atoms with Crippen LogP contribution in [-0.2, 0) is 9.84 Å². The smallest absolute Gasteiger partial charge is 0.258 e. The highest BCUT2D eigenvalue weighted by Crippen LogP contribution is 2.38. The summed E-state index contributed by atoms with van der Waals surface area (Å²) in [6.45, 7) is 0. The molecule has 0 aliphatic carbocycles. The van der Waals surface area contributed by atoms with Crippen LogP contribution in [0.2, 0.25) is 0 Å². The molecular formula is C13H11NO4S2. The minimum absolute atomic E-state index is 0.261. The fraction of sp³-hybridized carbons (Fsp3) is 0.0769. The van der Waals surface area contributed by atoms with Crippen LogP contribution in [0.15, 0.2) is 63.2 Å². The topological polar surface area (TPSA) is 77.3 Å². The molecule has 7 heteroatoms. The summed E-state index contributed by atoms with van der Waals surface area (Å²) in [6, 6.07) is 13.4. The molecule has 0 fully saturated rings. The Morgan fingerprint density at radius 3 is 2.25 bits per heavy atom. The molecule has 0 aliphatic heterocycles. The van der Waals surface area contributed by atoms with Gasteiger partial charge < -0.3 is 0 Å². The predicted octanol–water partition coefficient (Wildman–Crippen LogP) is 3.15. The highest BCUT2D eigenvalue weighted by atomic mass is 32.2. The molecule has 2 rings (SSSR count). The average molecular weight is 309 g/mol. The second kappa shape index (κ2) is 5.64. The maximum Gasteiger partial charge on any atom is 0.301 e. The Morgan fingerprint density at radius 1 is 1.05 bits per heavy atom. The van der Waals surface area contributed by atoms with E-state index in [0.29, 0.717) is 4.90 Å². The molecule has 0 aliphatic rings. The summed E-state index contributed by atoms with van der Waals surface area (Å²) in [4.78, 5) is 11.4. The van der Waals surface area contributed by atoms with Gasteiger partial charge in [-0.3, -0.25) is 10.1 Å². The number of sulfone groups is 1. The van der Waals surface area contributed by atoms with Crippen molar-refractivity contribution >= 4 is 27.3 Å². The van der Waals surface area contributed by atoms with Crippen LogP contribution in [-0.4, -0.2) is 19.6 Å². The van der Waals surface area contributed by atoms with E-state index in [1.54, 1.807) is 6.07 Å². The van der Waals surface area contributed by atoms with Crippen molar-refractivity contribution in [3.8, 4) is 0 Å². The van der Waals surface area contributed by atoms with Crippen molar-refractivity contribution in [3.63, 3.8) is 0 Å². The van der Waals surface area contributed by atoms with Gasteiger partial charge in [0.05, 0.1) is 9.82 Å². The van der Waals surface area contributed by atoms with Crippen LogP contribution in [0, 0.1) is 10.1 Å². The van der Waals surface area contributed by atoms with E-state index in [2.05, 4.69) is 0 Å². The summed E-state index contributed by atoms with van der Waals surface area (Å²) >= 11 is 1.17. The first-order chi connectivity index (χ1) is 9.39. The van der Waals surface area contributed by atoms with Gasteiger partial charge in [0.15, 0.2) is 9.84 Å². The molecule has 0 aromatic heterocycles. The number of rotatable bonds is 4. The van der Waals surface area contributed by atoms with Crippen molar-refractivity contribution in [1.82, 2.24) is 0 Å². The number of nitro benzene ring substituents is 1. The molecule has 0 saturated carbocycles. The Kier molecular flexibility index (Phi) is 4.10. The SMILES string of the molecule is CS(=O)(=O)c1cccc(Sc2ccccc2)c1[N+](=O)[O-]. The Balaban J connectivity index is 2.57. The monoisotopic (exact) mass is 309 g/mol. The minimum Gasteiger partial charge on any atom is -0.258 e. The Labute approximate surface area is 120 Å². The first-order valence-electron chi connectivity index (χ1n) is 5.60. The van der Waals surface area contributed by atoms with Gasteiger partial charge in [0.2, 0.25) is 0 Å². The Bertz CT molecular complexity index is 742. The van der Waals surface area contributed by atoms with E-state index in [0.717, 1.165) is 11.2 Å². The van der Waals surface area contributed by atoms with E-state index >= 15 is 0 Å². The van der Waals surface area contributed by atoms with E-state index in [9.17, 15) is 18.5 Å². The molecule has 20 heavy (non-hydrogen) atoms. The van der Waals surface area contributed by atoms with Crippen LogP contribution < -0.4 is 0 Å². The van der Waals surface area contributed by atoms with E-state index in [1.807, 2.05) is 30.3 Å². The normalized spacial score (nSPS) is 11.2. The van der Waals surface area contributed by atoms with Crippen molar-refractivity contribution in [1.29, 1.82) is 0 Å². The van der Waals surface area contributed by atoms with E-state index < -0.39 is 14.8 Å². The summed E-state index contributed by atoms with van der Waals surface area (Å²) in [5.74, 6) is 0. The van der Waals surface area contributed by atoms with E-state index in [-0.39, 0.29) is 10.6 Å². The molecule has 5 nitrogen and oxygen atoms in total. The zero-order valence-corrected chi connectivity index (χ0v) is 12.1. The summed E-state index contributed by atoms with van der Waals surface area (Å²) < 4.78 is 23.3. The van der Waals surface area contributed by atoms with Gasteiger partial charge in [-0.05, 0) is 24.3 Å².